The SMILES string of the molecule is [C-]1=C(c2[c-]c3c(cc2)Oc2cccc4c2B3c2[c-]c(-n3cc(-c5ccccc5)cn3)cnc2O4)[C-]=C(c2[c-]c3c(cc2)Oc2cccc4c2B3c2[c-]c(-n3cc(-c5ccccc5)cn3)cnc2O4)C1.[Pt].[Pt]. The number of fused-ring (bicyclic) bond motifs is 8. The van der Waals surface area contributed by atoms with Crippen LogP contribution in [0.15, 0.2) is 159 Å². The van der Waals surface area contributed by atoms with Gasteiger partial charge >= 0.3 is 0 Å². The molecule has 5 aliphatic rings. The van der Waals surface area contributed by atoms with E-state index in [0.717, 1.165) is 88.8 Å². The summed E-state index contributed by atoms with van der Waals surface area (Å²) in [5, 5.41) is 9.39. The molecule has 0 unspecified atom stereocenters. The van der Waals surface area contributed by atoms with Gasteiger partial charge in [0, 0.05) is 88.1 Å². The summed E-state index contributed by atoms with van der Waals surface area (Å²) in [5.41, 5.74) is 14.1. The maximum atomic E-state index is 6.55. The van der Waals surface area contributed by atoms with Crippen LogP contribution < -0.4 is 51.7 Å². The molecule has 0 bridgehead atoms. The zero-order valence-electron chi connectivity index (χ0n) is 36.8. The molecule has 8 heterocycles. The first-order chi connectivity index (χ1) is 34.1. The minimum Gasteiger partial charge on any atom is -0.503 e. The molecule has 0 saturated heterocycles. The number of allylic oxidation sites excluding steroid dienone is 4. The van der Waals surface area contributed by atoms with Crippen molar-refractivity contribution in [3.05, 3.63) is 206 Å². The molecule has 0 fully saturated rings. The van der Waals surface area contributed by atoms with Gasteiger partial charge in [0.2, 0.25) is 13.4 Å². The van der Waals surface area contributed by atoms with E-state index in [9.17, 15) is 0 Å². The number of rotatable bonds is 6. The Morgan fingerprint density at radius 2 is 0.915 bits per heavy atom. The van der Waals surface area contributed by atoms with Crippen LogP contribution in [0.1, 0.15) is 17.5 Å². The van der Waals surface area contributed by atoms with Crippen LogP contribution in [-0.2, 0) is 42.1 Å². The fourth-order valence-corrected chi connectivity index (χ4v) is 10.0. The van der Waals surface area contributed by atoms with Crippen LogP contribution in [0, 0.1) is 36.4 Å². The quantitative estimate of drug-likeness (QED) is 0.127. The van der Waals surface area contributed by atoms with E-state index >= 15 is 0 Å². The van der Waals surface area contributed by atoms with Gasteiger partial charge in [0.1, 0.15) is 23.0 Å². The fourth-order valence-electron chi connectivity index (χ4n) is 10.0. The number of ether oxygens (including phenoxy) is 4. The van der Waals surface area contributed by atoms with E-state index in [0.29, 0.717) is 52.6 Å². The molecule has 4 aromatic heterocycles. The number of nitrogens with zero attached hydrogens (tertiary/aromatic N) is 6. The fraction of sp³-hybridized carbons (Fsp3) is 0.0175. The summed E-state index contributed by atoms with van der Waals surface area (Å²) in [4.78, 5) is 9.64. The molecule has 0 saturated carbocycles. The molecule has 10 aromatic rings. The second-order valence-electron chi connectivity index (χ2n) is 17.3. The van der Waals surface area contributed by atoms with Crippen molar-refractivity contribution in [1.82, 2.24) is 29.5 Å². The maximum Gasteiger partial charge on any atom is 0.215 e. The normalized spacial score (nSPS) is 13.6. The molecule has 6 aromatic carbocycles. The summed E-state index contributed by atoms with van der Waals surface area (Å²) in [6.45, 7) is -0.630. The van der Waals surface area contributed by atoms with Gasteiger partial charge in [-0.1, -0.05) is 85.2 Å². The van der Waals surface area contributed by atoms with Crippen molar-refractivity contribution in [3.8, 4) is 79.9 Å². The van der Waals surface area contributed by atoms with Gasteiger partial charge in [0.15, 0.2) is 0 Å². The van der Waals surface area contributed by atoms with Gasteiger partial charge in [-0.3, -0.25) is 27.1 Å². The molecule has 0 amide bonds. The molecule has 342 valence electrons. The van der Waals surface area contributed by atoms with Crippen LogP contribution in [0.25, 0.3) is 44.8 Å². The molecule has 0 spiro atoms. The van der Waals surface area contributed by atoms with Crippen LogP contribution in [-0.4, -0.2) is 43.0 Å². The zero-order chi connectivity index (χ0) is 45.2. The minimum absolute atomic E-state index is 0. The first-order valence-corrected chi connectivity index (χ1v) is 22.5. The van der Waals surface area contributed by atoms with Crippen molar-refractivity contribution in [3.63, 3.8) is 0 Å². The molecule has 10 nitrogen and oxygen atoms in total. The third-order valence-corrected chi connectivity index (χ3v) is 13.3. The van der Waals surface area contributed by atoms with Crippen molar-refractivity contribution in [2.24, 2.45) is 0 Å². The van der Waals surface area contributed by atoms with E-state index in [4.69, 9.17) is 39.1 Å². The first kappa shape index (κ1) is 43.3. The topological polar surface area (TPSA) is 98.3 Å². The number of benzene rings is 6. The van der Waals surface area contributed by atoms with Gasteiger partial charge in [-0.25, -0.2) is 0 Å². The van der Waals surface area contributed by atoms with Crippen LogP contribution in [0.2, 0.25) is 0 Å². The summed E-state index contributed by atoms with van der Waals surface area (Å²) in [5.74, 6) is 5.19. The Bertz CT molecular complexity index is 3850. The summed E-state index contributed by atoms with van der Waals surface area (Å²) in [6, 6.07) is 54.9. The largest absolute Gasteiger partial charge is 0.503 e. The standard InChI is InChI=1S/C57H28B2N6O4.2Pt/c1-3-9-34(10-4-1)40-28-62-64(32-40)42-26-46-56(60-30-42)68-52-15-7-13-50-54(52)58(46)44-24-38(19-21-48(44)66-50)36-17-18-37(23-36)39-20-22-49-45(25-39)59-47-27-43(65-33-41(29-63-65)35-11-5-2-6-12-35)31-61-57(47)69-53-16-8-14-51(67-49)55(53)59;;/h1-16,19-22,28-33H,17H2;;/q-6;;. The monoisotopic (exact) mass is 1270 g/mol. The molecular formula is C57H28B2N6O4Pt2-6. The van der Waals surface area contributed by atoms with E-state index in [1.165, 1.54) is 0 Å². The third kappa shape index (κ3) is 7.03. The van der Waals surface area contributed by atoms with Crippen LogP contribution in [0.3, 0.4) is 0 Å². The molecule has 0 radical (unpaired) electrons. The Labute approximate surface area is 437 Å². The summed E-state index contributed by atoms with van der Waals surface area (Å²) < 4.78 is 29.5. The van der Waals surface area contributed by atoms with Crippen LogP contribution >= 0.6 is 0 Å². The Hall–Kier alpha value is -7.77. The Morgan fingerprint density at radius 3 is 1.44 bits per heavy atom. The second kappa shape index (κ2) is 17.0. The van der Waals surface area contributed by atoms with E-state index in [2.05, 4.69) is 60.7 Å². The Morgan fingerprint density at radius 1 is 0.437 bits per heavy atom. The van der Waals surface area contributed by atoms with Gasteiger partial charge in [0.25, 0.3) is 0 Å². The van der Waals surface area contributed by atoms with Gasteiger partial charge in [0.05, 0.1) is 24.2 Å². The van der Waals surface area contributed by atoms with Gasteiger partial charge in [-0.05, 0) is 46.8 Å². The van der Waals surface area contributed by atoms with E-state index in [-0.39, 0.29) is 55.6 Å². The van der Waals surface area contributed by atoms with Crippen LogP contribution in [0.4, 0.5) is 0 Å². The average Bonchev–Trinajstić information content (AvgIpc) is 4.22. The zero-order valence-corrected chi connectivity index (χ0v) is 41.4. The molecule has 4 aliphatic heterocycles. The number of aromatic nitrogens is 6. The smallest absolute Gasteiger partial charge is 0.215 e. The first-order valence-electron chi connectivity index (χ1n) is 22.5. The van der Waals surface area contributed by atoms with Crippen molar-refractivity contribution in [2.45, 2.75) is 6.42 Å². The maximum absolute atomic E-state index is 6.55. The summed E-state index contributed by atoms with van der Waals surface area (Å²) >= 11 is 0. The molecule has 14 heteroatoms. The van der Waals surface area contributed by atoms with E-state index in [1.54, 1.807) is 21.8 Å². The number of pyridine rings is 2. The minimum atomic E-state index is -0.319. The van der Waals surface area contributed by atoms with Crippen molar-refractivity contribution in [2.75, 3.05) is 0 Å². The number of hydrogen-bond acceptors (Lipinski definition) is 8. The molecule has 71 heavy (non-hydrogen) atoms. The van der Waals surface area contributed by atoms with Gasteiger partial charge < -0.3 is 52.2 Å². The summed E-state index contributed by atoms with van der Waals surface area (Å²) in [6.07, 6.45) is 19.0. The van der Waals surface area contributed by atoms with E-state index in [1.807, 2.05) is 122 Å². The molecule has 15 rings (SSSR count). The average molecular weight is 1270 g/mol. The van der Waals surface area contributed by atoms with E-state index < -0.39 is 0 Å². The third-order valence-electron chi connectivity index (χ3n) is 13.3. The van der Waals surface area contributed by atoms with Crippen molar-refractivity contribution >= 4 is 57.3 Å². The Kier molecular flexibility index (Phi) is 10.3. The molecular weight excluding hydrogens is 1240 g/mol. The Balaban J connectivity index is 0.00000246. The predicted octanol–water partition coefficient (Wildman–Crippen LogP) is 7.31. The summed E-state index contributed by atoms with van der Waals surface area (Å²) in [7, 11) is 0. The molecule has 0 atom stereocenters. The van der Waals surface area contributed by atoms with Gasteiger partial charge in [-0.15, -0.1) is 46.1 Å². The number of hydrogen-bond donors (Lipinski definition) is 0. The second-order valence-corrected chi connectivity index (χ2v) is 17.3. The van der Waals surface area contributed by atoms with Crippen molar-refractivity contribution < 1.29 is 61.1 Å². The molecule has 0 N–H and O–H groups in total. The van der Waals surface area contributed by atoms with Crippen LogP contribution in [0.5, 0.6) is 46.3 Å². The molecule has 1 aliphatic carbocycles. The van der Waals surface area contributed by atoms with Crippen molar-refractivity contribution in [1.29, 1.82) is 0 Å². The predicted molar refractivity (Wildman–Crippen MR) is 262 cm³/mol. The van der Waals surface area contributed by atoms with Gasteiger partial charge in [-0.2, -0.15) is 34.3 Å².